The molecule has 0 amide bonds. The standard InChI is InChI=1S/C28H22N4S/c1-21-25-19-11-12-20-26(25)28(31(29-21)23-15-7-3-8-16-23)32(24-17-9-4-10-18-24)30-27(33-28)22-13-5-2-6-14-22/h2-20H,1H3/t28-/m0/s1. The first-order valence-electron chi connectivity index (χ1n) is 11.0. The molecular weight excluding hydrogens is 424 g/mol. The van der Waals surface area contributed by atoms with Crippen molar-refractivity contribution in [2.24, 2.45) is 10.2 Å². The lowest BCUT2D eigenvalue weighted by molar-refractivity contribution is 0.549. The van der Waals surface area contributed by atoms with Crippen LogP contribution in [0.4, 0.5) is 11.4 Å². The van der Waals surface area contributed by atoms with Crippen LogP contribution >= 0.6 is 11.8 Å². The highest BCUT2D eigenvalue weighted by Crippen LogP contribution is 2.55. The van der Waals surface area contributed by atoms with Crippen LogP contribution in [0.5, 0.6) is 0 Å². The van der Waals surface area contributed by atoms with Crippen molar-refractivity contribution in [3.05, 3.63) is 132 Å². The van der Waals surface area contributed by atoms with Gasteiger partial charge in [0, 0.05) is 16.7 Å². The minimum Gasteiger partial charge on any atom is -0.223 e. The Labute approximate surface area is 197 Å². The number of thioether (sulfide) groups is 1. The molecule has 6 rings (SSSR count). The molecule has 0 saturated heterocycles. The molecule has 0 saturated carbocycles. The van der Waals surface area contributed by atoms with Crippen molar-refractivity contribution >= 4 is 33.9 Å². The van der Waals surface area contributed by atoms with Crippen LogP contribution in [0.2, 0.25) is 0 Å². The summed E-state index contributed by atoms with van der Waals surface area (Å²) >= 11 is 1.73. The summed E-state index contributed by atoms with van der Waals surface area (Å²) in [6.45, 7) is 2.08. The highest BCUT2D eigenvalue weighted by Gasteiger charge is 2.54. The van der Waals surface area contributed by atoms with Crippen LogP contribution in [-0.2, 0) is 4.99 Å². The zero-order valence-electron chi connectivity index (χ0n) is 18.2. The molecule has 4 aromatic rings. The van der Waals surface area contributed by atoms with Gasteiger partial charge in [0.1, 0.15) is 5.04 Å². The van der Waals surface area contributed by atoms with Gasteiger partial charge in [0.25, 0.3) is 0 Å². The van der Waals surface area contributed by atoms with Gasteiger partial charge in [-0.1, -0.05) is 91.0 Å². The summed E-state index contributed by atoms with van der Waals surface area (Å²) in [5.41, 5.74) is 6.43. The molecule has 2 aliphatic heterocycles. The molecule has 0 bridgehead atoms. The second kappa shape index (κ2) is 7.94. The maximum atomic E-state index is 5.21. The fourth-order valence-electron chi connectivity index (χ4n) is 4.43. The fourth-order valence-corrected chi connectivity index (χ4v) is 5.83. The lowest BCUT2D eigenvalue weighted by atomic mass is 9.98. The molecule has 5 heteroatoms. The Bertz CT molecular complexity index is 1350. The number of rotatable bonds is 3. The Morgan fingerprint density at radius 3 is 1.76 bits per heavy atom. The van der Waals surface area contributed by atoms with Crippen LogP contribution < -0.4 is 10.0 Å². The Balaban J connectivity index is 1.64. The van der Waals surface area contributed by atoms with E-state index < -0.39 is 4.99 Å². The van der Waals surface area contributed by atoms with E-state index in [1.165, 1.54) is 5.56 Å². The predicted molar refractivity (Wildman–Crippen MR) is 139 cm³/mol. The second-order valence-electron chi connectivity index (χ2n) is 8.01. The molecule has 0 fully saturated rings. The fraction of sp³-hybridized carbons (Fsp3) is 0.0714. The van der Waals surface area contributed by atoms with Crippen LogP contribution in [-0.4, -0.2) is 10.8 Å². The maximum Gasteiger partial charge on any atom is 0.234 e. The molecule has 4 aromatic carbocycles. The smallest absolute Gasteiger partial charge is 0.223 e. The zero-order chi connectivity index (χ0) is 22.3. The molecule has 1 atom stereocenters. The third-order valence-electron chi connectivity index (χ3n) is 5.94. The van der Waals surface area contributed by atoms with E-state index >= 15 is 0 Å². The molecule has 2 aliphatic rings. The van der Waals surface area contributed by atoms with Gasteiger partial charge in [0.05, 0.1) is 17.1 Å². The van der Waals surface area contributed by atoms with Gasteiger partial charge >= 0.3 is 0 Å². The molecule has 0 radical (unpaired) electrons. The Hall–Kier alpha value is -3.83. The first kappa shape index (κ1) is 19.8. The van der Waals surface area contributed by atoms with Crippen LogP contribution in [0.25, 0.3) is 0 Å². The van der Waals surface area contributed by atoms with Gasteiger partial charge < -0.3 is 0 Å². The SMILES string of the molecule is CC1=NN(c2ccccc2)[C@@]2(SC(c3ccccc3)=NN2c2ccccc2)c2ccccc21. The summed E-state index contributed by atoms with van der Waals surface area (Å²) < 4.78 is 0. The Morgan fingerprint density at radius 2 is 1.12 bits per heavy atom. The molecule has 2 heterocycles. The summed E-state index contributed by atoms with van der Waals surface area (Å²) in [6, 6.07) is 39.6. The topological polar surface area (TPSA) is 31.2 Å². The first-order chi connectivity index (χ1) is 16.3. The van der Waals surface area contributed by atoms with E-state index in [1.54, 1.807) is 11.8 Å². The molecule has 160 valence electrons. The van der Waals surface area contributed by atoms with Crippen molar-refractivity contribution in [3.63, 3.8) is 0 Å². The predicted octanol–water partition coefficient (Wildman–Crippen LogP) is 6.66. The molecule has 0 N–H and O–H groups in total. The zero-order valence-corrected chi connectivity index (χ0v) is 19.0. The van der Waals surface area contributed by atoms with E-state index in [4.69, 9.17) is 10.2 Å². The average molecular weight is 447 g/mol. The number of benzene rings is 4. The van der Waals surface area contributed by atoms with Crippen LogP contribution in [0.15, 0.2) is 125 Å². The van der Waals surface area contributed by atoms with Gasteiger partial charge in [-0.15, -0.1) is 0 Å². The van der Waals surface area contributed by atoms with Gasteiger partial charge in [-0.25, -0.2) is 10.0 Å². The van der Waals surface area contributed by atoms with Crippen molar-refractivity contribution in [1.29, 1.82) is 0 Å². The minimum absolute atomic E-state index is 0.704. The summed E-state index contributed by atoms with van der Waals surface area (Å²) in [5.74, 6) is 0. The van der Waals surface area contributed by atoms with E-state index in [2.05, 4.69) is 114 Å². The number of nitrogens with zero attached hydrogens (tertiary/aromatic N) is 4. The lowest BCUT2D eigenvalue weighted by Gasteiger charge is -2.46. The molecule has 4 nitrogen and oxygen atoms in total. The normalized spacial score (nSPS) is 19.3. The molecular formula is C28H22N4S. The van der Waals surface area contributed by atoms with E-state index in [0.29, 0.717) is 0 Å². The van der Waals surface area contributed by atoms with Gasteiger partial charge in [0.2, 0.25) is 4.99 Å². The molecule has 1 spiro atoms. The van der Waals surface area contributed by atoms with Gasteiger partial charge in [0.15, 0.2) is 0 Å². The maximum absolute atomic E-state index is 5.21. The van der Waals surface area contributed by atoms with E-state index in [0.717, 1.165) is 33.3 Å². The van der Waals surface area contributed by atoms with E-state index in [9.17, 15) is 0 Å². The highest BCUT2D eigenvalue weighted by atomic mass is 32.2. The molecule has 0 aromatic heterocycles. The number of hydrazone groups is 2. The number of fused-ring (bicyclic) bond motifs is 2. The number of anilines is 2. The van der Waals surface area contributed by atoms with E-state index in [1.807, 2.05) is 18.2 Å². The summed E-state index contributed by atoms with van der Waals surface area (Å²) in [4.78, 5) is -0.704. The minimum atomic E-state index is -0.704. The Kier molecular flexibility index (Phi) is 4.77. The monoisotopic (exact) mass is 446 g/mol. The largest absolute Gasteiger partial charge is 0.234 e. The van der Waals surface area contributed by atoms with Crippen molar-refractivity contribution < 1.29 is 0 Å². The van der Waals surface area contributed by atoms with Gasteiger partial charge in [-0.05, 0) is 43.0 Å². The van der Waals surface area contributed by atoms with Crippen LogP contribution in [0.3, 0.4) is 0 Å². The number of hydrogen-bond donors (Lipinski definition) is 0. The van der Waals surface area contributed by atoms with Crippen molar-refractivity contribution in [2.75, 3.05) is 10.0 Å². The summed E-state index contributed by atoms with van der Waals surface area (Å²) in [7, 11) is 0. The van der Waals surface area contributed by atoms with Crippen LogP contribution in [0, 0.1) is 0 Å². The van der Waals surface area contributed by atoms with E-state index in [-0.39, 0.29) is 0 Å². The van der Waals surface area contributed by atoms with Gasteiger partial charge in [-0.2, -0.15) is 10.2 Å². The lowest BCUT2D eigenvalue weighted by Crippen LogP contribution is -2.53. The highest BCUT2D eigenvalue weighted by molar-refractivity contribution is 8.15. The third-order valence-corrected chi connectivity index (χ3v) is 7.31. The Morgan fingerprint density at radius 1 is 0.606 bits per heavy atom. The van der Waals surface area contributed by atoms with Crippen molar-refractivity contribution in [2.45, 2.75) is 11.9 Å². The second-order valence-corrected chi connectivity index (χ2v) is 9.17. The summed E-state index contributed by atoms with van der Waals surface area (Å²) in [5, 5.41) is 15.6. The first-order valence-corrected chi connectivity index (χ1v) is 11.8. The quantitative estimate of drug-likeness (QED) is 0.353. The van der Waals surface area contributed by atoms with Crippen molar-refractivity contribution in [1.82, 2.24) is 0 Å². The van der Waals surface area contributed by atoms with Crippen molar-refractivity contribution in [3.8, 4) is 0 Å². The third kappa shape index (κ3) is 3.16. The average Bonchev–Trinajstić information content (AvgIpc) is 3.29. The number of para-hydroxylation sites is 2. The molecule has 33 heavy (non-hydrogen) atoms. The number of hydrogen-bond acceptors (Lipinski definition) is 5. The van der Waals surface area contributed by atoms with Gasteiger partial charge in [-0.3, -0.25) is 0 Å². The molecule has 0 aliphatic carbocycles. The molecule has 0 unspecified atom stereocenters. The van der Waals surface area contributed by atoms with Crippen LogP contribution in [0.1, 0.15) is 23.6 Å². The summed E-state index contributed by atoms with van der Waals surface area (Å²) in [6.07, 6.45) is 0.